The molecule has 2 aliphatic rings. The highest BCUT2D eigenvalue weighted by Crippen LogP contribution is 2.32. The van der Waals surface area contributed by atoms with E-state index in [1.165, 1.54) is 6.07 Å². The van der Waals surface area contributed by atoms with Crippen molar-refractivity contribution in [2.75, 3.05) is 26.8 Å². The maximum Gasteiger partial charge on any atom is 0.225 e. The molecule has 1 unspecified atom stereocenters. The average molecular weight is 306 g/mol. The topological polar surface area (TPSA) is 58.6 Å². The fourth-order valence-electron chi connectivity index (χ4n) is 3.01. The number of carbonyl (C=O) groups excluding carboxylic acids is 2. The van der Waals surface area contributed by atoms with E-state index >= 15 is 0 Å². The van der Waals surface area contributed by atoms with Crippen LogP contribution in [-0.4, -0.2) is 43.5 Å². The van der Waals surface area contributed by atoms with E-state index in [2.05, 4.69) is 5.32 Å². The van der Waals surface area contributed by atoms with Crippen molar-refractivity contribution >= 4 is 11.8 Å². The molecule has 6 heteroatoms. The third kappa shape index (κ3) is 2.59. The SMILES string of the molecule is CN1CC(C(=O)NC2(c3ccccc3F)COC2)CCC1=O. The van der Waals surface area contributed by atoms with Gasteiger partial charge in [0.15, 0.2) is 0 Å². The lowest BCUT2D eigenvalue weighted by Crippen LogP contribution is -2.61. The monoisotopic (exact) mass is 306 g/mol. The lowest BCUT2D eigenvalue weighted by molar-refractivity contribution is -0.143. The molecular weight excluding hydrogens is 287 g/mol. The Morgan fingerprint density at radius 1 is 1.41 bits per heavy atom. The zero-order chi connectivity index (χ0) is 15.7. The van der Waals surface area contributed by atoms with Crippen LogP contribution < -0.4 is 5.32 Å². The van der Waals surface area contributed by atoms with E-state index < -0.39 is 5.54 Å². The molecule has 5 nitrogen and oxygen atoms in total. The summed E-state index contributed by atoms with van der Waals surface area (Å²) >= 11 is 0. The number of likely N-dealkylation sites (tertiary alicyclic amines) is 1. The first-order valence-corrected chi connectivity index (χ1v) is 7.40. The first-order valence-electron chi connectivity index (χ1n) is 7.40. The van der Waals surface area contributed by atoms with Gasteiger partial charge in [0.1, 0.15) is 11.4 Å². The summed E-state index contributed by atoms with van der Waals surface area (Å²) in [6.45, 7) is 0.932. The van der Waals surface area contributed by atoms with Crippen molar-refractivity contribution in [1.82, 2.24) is 10.2 Å². The second-order valence-electron chi connectivity index (χ2n) is 6.05. The van der Waals surface area contributed by atoms with Crippen molar-refractivity contribution in [1.29, 1.82) is 0 Å². The van der Waals surface area contributed by atoms with Crippen molar-refractivity contribution in [2.24, 2.45) is 5.92 Å². The molecule has 1 N–H and O–H groups in total. The van der Waals surface area contributed by atoms with Crippen molar-refractivity contribution in [3.05, 3.63) is 35.6 Å². The highest BCUT2D eigenvalue weighted by Gasteiger charge is 2.45. The van der Waals surface area contributed by atoms with E-state index in [9.17, 15) is 14.0 Å². The van der Waals surface area contributed by atoms with E-state index in [4.69, 9.17) is 4.74 Å². The third-order valence-corrected chi connectivity index (χ3v) is 4.45. The molecule has 1 atom stereocenters. The summed E-state index contributed by atoms with van der Waals surface area (Å²) in [5.41, 5.74) is -0.336. The summed E-state index contributed by atoms with van der Waals surface area (Å²) in [5, 5.41) is 2.95. The molecule has 0 saturated carbocycles. The number of carbonyl (C=O) groups is 2. The summed E-state index contributed by atoms with van der Waals surface area (Å²) in [5.74, 6) is -0.695. The van der Waals surface area contributed by atoms with Crippen LogP contribution in [0.4, 0.5) is 4.39 Å². The number of halogens is 1. The number of hydrogen-bond acceptors (Lipinski definition) is 3. The average Bonchev–Trinajstić information content (AvgIpc) is 2.46. The molecular formula is C16H19FN2O3. The minimum atomic E-state index is -0.789. The number of nitrogens with one attached hydrogen (secondary N) is 1. The van der Waals surface area contributed by atoms with Gasteiger partial charge < -0.3 is 15.0 Å². The standard InChI is InChI=1S/C16H19FN2O3/c1-19-8-11(6-7-14(19)20)15(21)18-16(9-22-10-16)12-4-2-3-5-13(12)17/h2-5,11H,6-10H2,1H3,(H,18,21). The Bertz CT molecular complexity index is 601. The van der Waals surface area contributed by atoms with Crippen molar-refractivity contribution in [2.45, 2.75) is 18.4 Å². The van der Waals surface area contributed by atoms with E-state index in [1.807, 2.05) is 0 Å². The minimum absolute atomic E-state index is 0.0554. The Morgan fingerprint density at radius 3 is 2.73 bits per heavy atom. The molecule has 2 aliphatic heterocycles. The van der Waals surface area contributed by atoms with E-state index in [0.29, 0.717) is 24.9 Å². The fraction of sp³-hybridized carbons (Fsp3) is 0.500. The van der Waals surface area contributed by atoms with Crippen LogP contribution >= 0.6 is 0 Å². The van der Waals surface area contributed by atoms with Gasteiger partial charge in [0.05, 0.1) is 19.1 Å². The normalized spacial score (nSPS) is 23.8. The Morgan fingerprint density at radius 2 is 2.14 bits per heavy atom. The number of rotatable bonds is 3. The van der Waals surface area contributed by atoms with Gasteiger partial charge in [-0.3, -0.25) is 9.59 Å². The zero-order valence-corrected chi connectivity index (χ0v) is 12.5. The van der Waals surface area contributed by atoms with Gasteiger partial charge in [0.2, 0.25) is 11.8 Å². The van der Waals surface area contributed by atoms with Crippen LogP contribution in [0.2, 0.25) is 0 Å². The molecule has 2 fully saturated rings. The van der Waals surface area contributed by atoms with Crippen LogP contribution in [0.1, 0.15) is 18.4 Å². The van der Waals surface area contributed by atoms with Crippen LogP contribution in [0.25, 0.3) is 0 Å². The molecule has 2 saturated heterocycles. The molecule has 0 aromatic heterocycles. The van der Waals surface area contributed by atoms with Crippen molar-refractivity contribution < 1.29 is 18.7 Å². The predicted molar refractivity (Wildman–Crippen MR) is 77.4 cm³/mol. The fourth-order valence-corrected chi connectivity index (χ4v) is 3.01. The number of amides is 2. The van der Waals surface area contributed by atoms with Crippen LogP contribution in [0.3, 0.4) is 0 Å². The summed E-state index contributed by atoms with van der Waals surface area (Å²) in [6.07, 6.45) is 0.904. The first-order chi connectivity index (χ1) is 10.5. The first kappa shape index (κ1) is 15.0. The molecule has 118 valence electrons. The molecule has 22 heavy (non-hydrogen) atoms. The molecule has 3 rings (SSSR count). The minimum Gasteiger partial charge on any atom is -0.376 e. The molecule has 0 aliphatic carbocycles. The smallest absolute Gasteiger partial charge is 0.225 e. The van der Waals surface area contributed by atoms with Crippen molar-refractivity contribution in [3.8, 4) is 0 Å². The molecule has 1 aromatic rings. The van der Waals surface area contributed by atoms with Gasteiger partial charge in [0, 0.05) is 25.6 Å². The number of nitrogens with zero attached hydrogens (tertiary/aromatic N) is 1. The van der Waals surface area contributed by atoms with E-state index in [-0.39, 0.29) is 36.8 Å². The molecule has 2 heterocycles. The molecule has 2 amide bonds. The summed E-state index contributed by atoms with van der Waals surface area (Å²) in [7, 11) is 1.70. The quantitative estimate of drug-likeness (QED) is 0.907. The summed E-state index contributed by atoms with van der Waals surface area (Å²) < 4.78 is 19.3. The van der Waals surface area contributed by atoms with Crippen LogP contribution in [-0.2, 0) is 19.9 Å². The second-order valence-corrected chi connectivity index (χ2v) is 6.05. The highest BCUT2D eigenvalue weighted by atomic mass is 19.1. The van der Waals surface area contributed by atoms with Gasteiger partial charge in [-0.2, -0.15) is 0 Å². The molecule has 1 aromatic carbocycles. The van der Waals surface area contributed by atoms with Gasteiger partial charge in [-0.1, -0.05) is 18.2 Å². The number of benzene rings is 1. The van der Waals surface area contributed by atoms with Gasteiger partial charge in [-0.25, -0.2) is 4.39 Å². The Kier molecular flexibility index (Phi) is 3.87. The molecule has 0 spiro atoms. The highest BCUT2D eigenvalue weighted by molar-refractivity contribution is 5.84. The molecule has 0 bridgehead atoms. The van der Waals surface area contributed by atoms with Gasteiger partial charge in [-0.05, 0) is 12.5 Å². The van der Waals surface area contributed by atoms with Crippen LogP contribution in [0.5, 0.6) is 0 Å². The van der Waals surface area contributed by atoms with Crippen molar-refractivity contribution in [3.63, 3.8) is 0 Å². The maximum atomic E-state index is 14.1. The number of hydrogen-bond donors (Lipinski definition) is 1. The van der Waals surface area contributed by atoms with E-state index in [0.717, 1.165) is 0 Å². The van der Waals surface area contributed by atoms with Crippen LogP contribution in [0.15, 0.2) is 24.3 Å². The second kappa shape index (κ2) is 5.68. The Hall–Kier alpha value is -1.95. The third-order valence-electron chi connectivity index (χ3n) is 4.45. The number of ether oxygens (including phenoxy) is 1. The van der Waals surface area contributed by atoms with Gasteiger partial charge in [0.25, 0.3) is 0 Å². The largest absolute Gasteiger partial charge is 0.376 e. The van der Waals surface area contributed by atoms with Gasteiger partial charge >= 0.3 is 0 Å². The maximum absolute atomic E-state index is 14.1. The predicted octanol–water partition coefficient (Wildman–Crippen LogP) is 1.04. The van der Waals surface area contributed by atoms with Gasteiger partial charge in [-0.15, -0.1) is 0 Å². The lowest BCUT2D eigenvalue weighted by atomic mass is 9.86. The Balaban J connectivity index is 1.75. The Labute approximate surface area is 128 Å². The zero-order valence-electron chi connectivity index (χ0n) is 12.5. The summed E-state index contributed by atoms with van der Waals surface area (Å²) in [6, 6.07) is 6.43. The number of piperidine rings is 1. The summed E-state index contributed by atoms with van der Waals surface area (Å²) in [4.78, 5) is 25.6. The van der Waals surface area contributed by atoms with E-state index in [1.54, 1.807) is 30.1 Å². The van der Waals surface area contributed by atoms with Crippen LogP contribution in [0, 0.1) is 11.7 Å². The lowest BCUT2D eigenvalue weighted by Gasteiger charge is -2.43. The molecule has 0 radical (unpaired) electrons.